The molecule has 0 aliphatic carbocycles. The number of unbranched alkanes of at least 4 members (excludes halogenated alkanes) is 6. The average molecular weight is 339 g/mol. The molecule has 0 saturated carbocycles. The van der Waals surface area contributed by atoms with Crippen LogP contribution in [0.4, 0.5) is 0 Å². The molecule has 0 spiro atoms. The average Bonchev–Trinajstić information content (AvgIpc) is 2.62. The number of phenols is 1. The van der Waals surface area contributed by atoms with Gasteiger partial charge in [0.15, 0.2) is 0 Å². The van der Waals surface area contributed by atoms with Crippen LogP contribution in [-0.2, 0) is 11.8 Å². The van der Waals surface area contributed by atoms with Crippen molar-refractivity contribution >= 4 is 0 Å². The smallest absolute Gasteiger partial charge is 0.115 e. The van der Waals surface area contributed by atoms with Gasteiger partial charge in [-0.15, -0.1) is 0 Å². The van der Waals surface area contributed by atoms with Gasteiger partial charge in [-0.25, -0.2) is 0 Å². The molecule has 0 amide bonds. The number of aromatic hydroxyl groups is 1. The van der Waals surface area contributed by atoms with Crippen LogP contribution in [-0.4, -0.2) is 5.11 Å². The minimum Gasteiger partial charge on any atom is -0.508 e. The van der Waals surface area contributed by atoms with Gasteiger partial charge in [0.05, 0.1) is 0 Å². The van der Waals surface area contributed by atoms with E-state index in [1.807, 2.05) is 12.1 Å². The first-order valence-electron chi connectivity index (χ1n) is 9.93. The number of phenolic OH excluding ortho intramolecular Hbond substituents is 1. The summed E-state index contributed by atoms with van der Waals surface area (Å²) in [5, 5.41) is 10.0. The fourth-order valence-corrected chi connectivity index (χ4v) is 3.65. The van der Waals surface area contributed by atoms with Gasteiger partial charge < -0.3 is 5.11 Å². The van der Waals surface area contributed by atoms with Crippen molar-refractivity contribution in [1.29, 1.82) is 0 Å². The maximum absolute atomic E-state index is 10.0. The Labute approximate surface area is 154 Å². The number of aryl methyl sites for hydroxylation is 1. The second-order valence-corrected chi connectivity index (χ2v) is 7.70. The van der Waals surface area contributed by atoms with E-state index in [0.29, 0.717) is 5.75 Å². The highest BCUT2D eigenvalue weighted by molar-refractivity contribution is 5.45. The number of hydrogen-bond donors (Lipinski definition) is 1. The van der Waals surface area contributed by atoms with Crippen molar-refractivity contribution in [1.82, 2.24) is 0 Å². The van der Waals surface area contributed by atoms with Crippen molar-refractivity contribution in [3.63, 3.8) is 0 Å². The highest BCUT2D eigenvalue weighted by Crippen LogP contribution is 2.36. The number of hydrogen-bond acceptors (Lipinski definition) is 1. The van der Waals surface area contributed by atoms with Gasteiger partial charge in [-0.05, 0) is 41.7 Å². The van der Waals surface area contributed by atoms with Crippen LogP contribution in [0.3, 0.4) is 0 Å². The van der Waals surface area contributed by atoms with Crippen LogP contribution in [0, 0.1) is 0 Å². The minimum absolute atomic E-state index is 0.101. The maximum atomic E-state index is 10.0. The SMILES string of the molecule is CCCCCCCCCc1ccc(O)cc1C(C)(C)c1ccccc1. The Morgan fingerprint density at radius 2 is 1.44 bits per heavy atom. The maximum Gasteiger partial charge on any atom is 0.115 e. The zero-order valence-corrected chi connectivity index (χ0v) is 16.2. The van der Waals surface area contributed by atoms with E-state index in [0.717, 1.165) is 6.42 Å². The number of benzene rings is 2. The molecule has 0 aliphatic rings. The first-order chi connectivity index (χ1) is 12.1. The van der Waals surface area contributed by atoms with Crippen LogP contribution in [0.5, 0.6) is 5.75 Å². The molecule has 25 heavy (non-hydrogen) atoms. The van der Waals surface area contributed by atoms with Crippen molar-refractivity contribution in [2.24, 2.45) is 0 Å². The van der Waals surface area contributed by atoms with Crippen LogP contribution in [0.1, 0.15) is 82.4 Å². The molecule has 1 N–H and O–H groups in total. The van der Waals surface area contributed by atoms with Gasteiger partial charge in [0.1, 0.15) is 5.75 Å². The van der Waals surface area contributed by atoms with Crippen molar-refractivity contribution < 1.29 is 5.11 Å². The Morgan fingerprint density at radius 3 is 2.12 bits per heavy atom. The molecule has 0 unspecified atom stereocenters. The molecule has 0 saturated heterocycles. The molecule has 2 rings (SSSR count). The summed E-state index contributed by atoms with van der Waals surface area (Å²) in [4.78, 5) is 0. The summed E-state index contributed by atoms with van der Waals surface area (Å²) >= 11 is 0. The molecule has 0 radical (unpaired) electrons. The predicted octanol–water partition coefficient (Wildman–Crippen LogP) is 7.01. The van der Waals surface area contributed by atoms with Crippen LogP contribution in [0.25, 0.3) is 0 Å². The van der Waals surface area contributed by atoms with E-state index in [4.69, 9.17) is 0 Å². The van der Waals surface area contributed by atoms with Crippen LogP contribution < -0.4 is 0 Å². The summed E-state index contributed by atoms with van der Waals surface area (Å²) in [5.74, 6) is 0.363. The second kappa shape index (κ2) is 9.65. The van der Waals surface area contributed by atoms with Crippen LogP contribution in [0.15, 0.2) is 48.5 Å². The third-order valence-corrected chi connectivity index (χ3v) is 5.31. The lowest BCUT2D eigenvalue weighted by Gasteiger charge is -2.29. The van der Waals surface area contributed by atoms with Gasteiger partial charge in [0, 0.05) is 5.41 Å². The lowest BCUT2D eigenvalue weighted by Crippen LogP contribution is -2.21. The van der Waals surface area contributed by atoms with E-state index in [1.54, 1.807) is 0 Å². The van der Waals surface area contributed by atoms with E-state index in [2.05, 4.69) is 57.2 Å². The summed E-state index contributed by atoms with van der Waals surface area (Å²) < 4.78 is 0. The second-order valence-electron chi connectivity index (χ2n) is 7.70. The Morgan fingerprint density at radius 1 is 0.800 bits per heavy atom. The van der Waals surface area contributed by atoms with E-state index in [1.165, 1.54) is 61.6 Å². The fourth-order valence-electron chi connectivity index (χ4n) is 3.65. The van der Waals surface area contributed by atoms with Gasteiger partial charge >= 0.3 is 0 Å². The zero-order valence-electron chi connectivity index (χ0n) is 16.2. The third-order valence-electron chi connectivity index (χ3n) is 5.31. The van der Waals surface area contributed by atoms with Gasteiger partial charge in [-0.2, -0.15) is 0 Å². The Bertz CT molecular complexity index is 628. The van der Waals surface area contributed by atoms with E-state index in [9.17, 15) is 5.11 Å². The standard InChI is InChI=1S/C24H34O/c1-4-5-6-7-8-9-11-14-20-17-18-22(25)19-23(20)24(2,3)21-15-12-10-13-16-21/h10,12-13,15-19,25H,4-9,11,14H2,1-3H3. The van der Waals surface area contributed by atoms with Gasteiger partial charge in [0.25, 0.3) is 0 Å². The molecule has 0 atom stereocenters. The molecule has 2 aromatic carbocycles. The van der Waals surface area contributed by atoms with Gasteiger partial charge in [-0.1, -0.05) is 95.7 Å². The van der Waals surface area contributed by atoms with E-state index >= 15 is 0 Å². The molecule has 0 fully saturated rings. The lowest BCUT2D eigenvalue weighted by molar-refractivity contribution is 0.471. The predicted molar refractivity (Wildman–Crippen MR) is 108 cm³/mol. The molecule has 136 valence electrons. The van der Waals surface area contributed by atoms with E-state index in [-0.39, 0.29) is 5.41 Å². The van der Waals surface area contributed by atoms with Crippen LogP contribution in [0.2, 0.25) is 0 Å². The molecular formula is C24H34O. The Hall–Kier alpha value is -1.76. The Kier molecular flexibility index (Phi) is 7.55. The summed E-state index contributed by atoms with van der Waals surface area (Å²) in [5.41, 5.74) is 3.82. The molecular weight excluding hydrogens is 304 g/mol. The summed E-state index contributed by atoms with van der Waals surface area (Å²) in [7, 11) is 0. The quantitative estimate of drug-likeness (QED) is 0.462. The highest BCUT2D eigenvalue weighted by atomic mass is 16.3. The molecule has 0 heterocycles. The van der Waals surface area contributed by atoms with Gasteiger partial charge in [-0.3, -0.25) is 0 Å². The van der Waals surface area contributed by atoms with Crippen molar-refractivity contribution in [3.8, 4) is 5.75 Å². The molecule has 1 nitrogen and oxygen atoms in total. The van der Waals surface area contributed by atoms with Gasteiger partial charge in [0.2, 0.25) is 0 Å². The summed E-state index contributed by atoms with van der Waals surface area (Å²) in [6, 6.07) is 16.5. The first-order valence-corrected chi connectivity index (χ1v) is 9.93. The first kappa shape index (κ1) is 19.6. The lowest BCUT2D eigenvalue weighted by atomic mass is 9.75. The minimum atomic E-state index is -0.101. The molecule has 0 aliphatic heterocycles. The monoisotopic (exact) mass is 338 g/mol. The normalized spacial score (nSPS) is 11.6. The summed E-state index contributed by atoms with van der Waals surface area (Å²) in [6.07, 6.45) is 10.4. The molecule has 0 bridgehead atoms. The molecule has 0 aromatic heterocycles. The largest absolute Gasteiger partial charge is 0.508 e. The molecule has 2 aromatic rings. The summed E-state index contributed by atoms with van der Waals surface area (Å²) in [6.45, 7) is 6.78. The number of rotatable bonds is 10. The van der Waals surface area contributed by atoms with Crippen molar-refractivity contribution in [2.45, 2.75) is 77.6 Å². The van der Waals surface area contributed by atoms with Crippen LogP contribution >= 0.6 is 0 Å². The zero-order chi connectivity index (χ0) is 18.1. The van der Waals surface area contributed by atoms with Crippen molar-refractivity contribution in [2.75, 3.05) is 0 Å². The molecule has 1 heteroatoms. The topological polar surface area (TPSA) is 20.2 Å². The highest BCUT2D eigenvalue weighted by Gasteiger charge is 2.25. The van der Waals surface area contributed by atoms with E-state index < -0.39 is 0 Å². The van der Waals surface area contributed by atoms with Crippen molar-refractivity contribution in [3.05, 3.63) is 65.2 Å². The fraction of sp³-hybridized carbons (Fsp3) is 0.500. The third kappa shape index (κ3) is 5.63. The Balaban J connectivity index is 2.05.